The van der Waals surface area contributed by atoms with E-state index >= 15 is 0 Å². The van der Waals surface area contributed by atoms with Gasteiger partial charge < -0.3 is 0 Å². The number of hydrogen-bond donors (Lipinski definition) is 1. The molecular formula is C14H16N2O2. The molecule has 0 amide bonds. The van der Waals surface area contributed by atoms with Gasteiger partial charge in [-0.05, 0) is 30.5 Å². The van der Waals surface area contributed by atoms with Crippen LogP contribution in [0.5, 0.6) is 0 Å². The van der Waals surface area contributed by atoms with Crippen LogP contribution in [0.3, 0.4) is 0 Å². The number of H-pyrrole nitrogens is 1. The smallest absolute Gasteiger partial charge is 0.274 e. The van der Waals surface area contributed by atoms with Gasteiger partial charge in [0.25, 0.3) is 5.56 Å². The monoisotopic (exact) mass is 244 g/mol. The van der Waals surface area contributed by atoms with Gasteiger partial charge >= 0.3 is 5.69 Å². The average molecular weight is 244 g/mol. The molecule has 94 valence electrons. The minimum absolute atomic E-state index is 0.379. The maximum absolute atomic E-state index is 11.6. The van der Waals surface area contributed by atoms with Crippen LogP contribution in [0.4, 0.5) is 0 Å². The summed E-state index contributed by atoms with van der Waals surface area (Å²) in [7, 11) is 0. The molecule has 2 rings (SSSR count). The molecule has 0 aliphatic carbocycles. The molecule has 0 fully saturated rings. The predicted octanol–water partition coefficient (Wildman–Crippen LogP) is 1.87. The summed E-state index contributed by atoms with van der Waals surface area (Å²) in [6, 6.07) is 9.16. The summed E-state index contributed by atoms with van der Waals surface area (Å²) >= 11 is 0. The Morgan fingerprint density at radius 2 is 1.83 bits per heavy atom. The SMILES string of the molecule is CCCCc1ccc(-n2ccc(=O)[nH]c2=O)cc1. The van der Waals surface area contributed by atoms with E-state index in [9.17, 15) is 9.59 Å². The summed E-state index contributed by atoms with van der Waals surface area (Å²) in [6.07, 6.45) is 4.87. The average Bonchev–Trinajstić information content (AvgIpc) is 2.37. The zero-order chi connectivity index (χ0) is 13.0. The number of unbranched alkanes of at least 4 members (excludes halogenated alkanes) is 1. The van der Waals surface area contributed by atoms with Crippen LogP contribution in [0.15, 0.2) is 46.1 Å². The molecule has 4 heteroatoms. The van der Waals surface area contributed by atoms with E-state index in [1.807, 2.05) is 24.3 Å². The van der Waals surface area contributed by atoms with Crippen LogP contribution in [0, 0.1) is 0 Å². The van der Waals surface area contributed by atoms with Crippen molar-refractivity contribution in [2.75, 3.05) is 0 Å². The molecular weight excluding hydrogens is 228 g/mol. The zero-order valence-electron chi connectivity index (χ0n) is 10.3. The van der Waals surface area contributed by atoms with Gasteiger partial charge in [0, 0.05) is 12.3 Å². The van der Waals surface area contributed by atoms with Gasteiger partial charge in [-0.1, -0.05) is 25.5 Å². The molecule has 0 aliphatic rings. The second kappa shape index (κ2) is 5.49. The Hall–Kier alpha value is -2.10. The largest absolute Gasteiger partial charge is 0.332 e. The quantitative estimate of drug-likeness (QED) is 0.892. The lowest BCUT2D eigenvalue weighted by molar-refractivity contribution is 0.794. The lowest BCUT2D eigenvalue weighted by Gasteiger charge is -2.05. The second-order valence-electron chi connectivity index (χ2n) is 4.25. The Bertz CT molecular complexity index is 623. The molecule has 0 radical (unpaired) electrons. The Labute approximate surface area is 105 Å². The number of aromatic nitrogens is 2. The predicted molar refractivity (Wildman–Crippen MR) is 71.3 cm³/mol. The standard InChI is InChI=1S/C14H16N2O2/c1-2-3-4-11-5-7-12(8-6-11)16-10-9-13(17)15-14(16)18/h5-10H,2-4H2,1H3,(H,15,17,18). The fourth-order valence-corrected chi connectivity index (χ4v) is 1.82. The molecule has 1 aromatic heterocycles. The molecule has 1 aromatic carbocycles. The van der Waals surface area contributed by atoms with Crippen molar-refractivity contribution in [3.63, 3.8) is 0 Å². The topological polar surface area (TPSA) is 54.9 Å². The van der Waals surface area contributed by atoms with Gasteiger partial charge in [-0.25, -0.2) is 4.79 Å². The van der Waals surface area contributed by atoms with E-state index in [1.54, 1.807) is 0 Å². The first kappa shape index (κ1) is 12.4. The first-order valence-corrected chi connectivity index (χ1v) is 6.12. The van der Waals surface area contributed by atoms with Crippen molar-refractivity contribution in [3.05, 3.63) is 62.9 Å². The van der Waals surface area contributed by atoms with Crippen LogP contribution in [0.2, 0.25) is 0 Å². The van der Waals surface area contributed by atoms with E-state index in [4.69, 9.17) is 0 Å². The van der Waals surface area contributed by atoms with E-state index in [0.717, 1.165) is 18.5 Å². The molecule has 2 aromatic rings. The third-order valence-electron chi connectivity index (χ3n) is 2.86. The number of hydrogen-bond acceptors (Lipinski definition) is 2. The van der Waals surface area contributed by atoms with Crippen molar-refractivity contribution in [2.45, 2.75) is 26.2 Å². The van der Waals surface area contributed by atoms with Crippen molar-refractivity contribution < 1.29 is 0 Å². The van der Waals surface area contributed by atoms with E-state index in [-0.39, 0.29) is 5.56 Å². The Balaban J connectivity index is 2.29. The highest BCUT2D eigenvalue weighted by Crippen LogP contribution is 2.09. The number of rotatable bonds is 4. The summed E-state index contributed by atoms with van der Waals surface area (Å²) in [4.78, 5) is 24.8. The molecule has 0 saturated carbocycles. The van der Waals surface area contributed by atoms with Gasteiger partial charge in [-0.15, -0.1) is 0 Å². The van der Waals surface area contributed by atoms with Gasteiger partial charge in [0.2, 0.25) is 0 Å². The normalized spacial score (nSPS) is 10.5. The fraction of sp³-hybridized carbons (Fsp3) is 0.286. The summed E-state index contributed by atoms with van der Waals surface area (Å²) < 4.78 is 1.42. The molecule has 0 unspecified atom stereocenters. The minimum Gasteiger partial charge on any atom is -0.274 e. The number of benzene rings is 1. The number of aromatic amines is 1. The molecule has 0 spiro atoms. The maximum atomic E-state index is 11.6. The van der Waals surface area contributed by atoms with Crippen LogP contribution in [-0.4, -0.2) is 9.55 Å². The van der Waals surface area contributed by atoms with Gasteiger partial charge in [0.05, 0.1) is 5.69 Å². The first-order valence-electron chi connectivity index (χ1n) is 6.12. The van der Waals surface area contributed by atoms with Crippen LogP contribution < -0.4 is 11.2 Å². The van der Waals surface area contributed by atoms with E-state index in [1.165, 1.54) is 28.8 Å². The highest BCUT2D eigenvalue weighted by Gasteiger charge is 2.00. The minimum atomic E-state index is -0.413. The second-order valence-corrected chi connectivity index (χ2v) is 4.25. The van der Waals surface area contributed by atoms with Gasteiger partial charge in [0.15, 0.2) is 0 Å². The number of aryl methyl sites for hydroxylation is 1. The van der Waals surface area contributed by atoms with Crippen LogP contribution >= 0.6 is 0 Å². The highest BCUT2D eigenvalue weighted by atomic mass is 16.2. The van der Waals surface area contributed by atoms with Crippen molar-refractivity contribution >= 4 is 0 Å². The summed E-state index contributed by atoms with van der Waals surface area (Å²) in [5, 5.41) is 0. The Kier molecular flexibility index (Phi) is 3.77. The van der Waals surface area contributed by atoms with E-state index in [2.05, 4.69) is 11.9 Å². The maximum Gasteiger partial charge on any atom is 0.332 e. The first-order chi connectivity index (χ1) is 8.70. The summed E-state index contributed by atoms with van der Waals surface area (Å²) in [5.74, 6) is 0. The van der Waals surface area contributed by atoms with Crippen molar-refractivity contribution in [2.24, 2.45) is 0 Å². The van der Waals surface area contributed by atoms with Crippen molar-refractivity contribution in [1.82, 2.24) is 9.55 Å². The highest BCUT2D eigenvalue weighted by molar-refractivity contribution is 5.34. The lowest BCUT2D eigenvalue weighted by atomic mass is 10.1. The molecule has 0 saturated heterocycles. The van der Waals surface area contributed by atoms with Crippen LogP contribution in [0.25, 0.3) is 5.69 Å². The fourth-order valence-electron chi connectivity index (χ4n) is 1.82. The Morgan fingerprint density at radius 1 is 1.11 bits per heavy atom. The lowest BCUT2D eigenvalue weighted by Crippen LogP contribution is -2.27. The molecule has 0 atom stereocenters. The van der Waals surface area contributed by atoms with Crippen molar-refractivity contribution in [1.29, 1.82) is 0 Å². The van der Waals surface area contributed by atoms with Gasteiger partial charge in [-0.2, -0.15) is 0 Å². The van der Waals surface area contributed by atoms with E-state index in [0.29, 0.717) is 0 Å². The van der Waals surface area contributed by atoms with Crippen LogP contribution in [0.1, 0.15) is 25.3 Å². The van der Waals surface area contributed by atoms with Gasteiger partial charge in [0.1, 0.15) is 0 Å². The molecule has 1 N–H and O–H groups in total. The summed E-state index contributed by atoms with van der Waals surface area (Å²) in [5.41, 5.74) is 1.23. The molecule has 4 nitrogen and oxygen atoms in total. The number of nitrogens with one attached hydrogen (secondary N) is 1. The van der Waals surface area contributed by atoms with Crippen LogP contribution in [-0.2, 0) is 6.42 Å². The third-order valence-corrected chi connectivity index (χ3v) is 2.86. The number of nitrogens with zero attached hydrogens (tertiary/aromatic N) is 1. The third kappa shape index (κ3) is 2.77. The van der Waals surface area contributed by atoms with E-state index < -0.39 is 5.69 Å². The van der Waals surface area contributed by atoms with Crippen molar-refractivity contribution in [3.8, 4) is 5.69 Å². The molecule has 18 heavy (non-hydrogen) atoms. The molecule has 0 bridgehead atoms. The summed E-state index contributed by atoms with van der Waals surface area (Å²) in [6.45, 7) is 2.16. The molecule has 1 heterocycles. The Morgan fingerprint density at radius 3 is 2.44 bits per heavy atom. The zero-order valence-corrected chi connectivity index (χ0v) is 10.3. The molecule has 0 aliphatic heterocycles. The van der Waals surface area contributed by atoms with Gasteiger partial charge in [-0.3, -0.25) is 14.3 Å².